The van der Waals surface area contributed by atoms with Crippen LogP contribution in [-0.4, -0.2) is 26.9 Å². The number of amides is 1. The van der Waals surface area contributed by atoms with E-state index in [4.69, 9.17) is 4.43 Å². The molecule has 0 fully saturated rings. The Morgan fingerprint density at radius 1 is 1.00 bits per heavy atom. The van der Waals surface area contributed by atoms with Gasteiger partial charge in [0.25, 0.3) is 0 Å². The molecule has 0 saturated heterocycles. The fourth-order valence-electron chi connectivity index (χ4n) is 2.74. The molecule has 1 amide bonds. The first kappa shape index (κ1) is 28.7. The highest BCUT2D eigenvalue weighted by atomic mass is 28.4. The first-order valence-electron chi connectivity index (χ1n) is 11.0. The minimum Gasteiger partial charge on any atom is -0.414 e. The van der Waals surface area contributed by atoms with Gasteiger partial charge in [-0.25, -0.2) is 4.79 Å². The van der Waals surface area contributed by atoms with E-state index in [9.17, 15) is 18.0 Å². The van der Waals surface area contributed by atoms with Crippen molar-refractivity contribution in [1.82, 2.24) is 5.32 Å². The number of alkyl carbamates (subject to hydrolysis) is 1. The molecule has 0 spiro atoms. The largest absolute Gasteiger partial charge is 0.576 e. The number of hydrogen-bond donors (Lipinski definition) is 1. The van der Waals surface area contributed by atoms with Crippen molar-refractivity contribution in [2.45, 2.75) is 77.2 Å². The highest BCUT2D eigenvalue weighted by Gasteiger charge is 2.38. The molecule has 0 aliphatic rings. The van der Waals surface area contributed by atoms with Gasteiger partial charge in [0.15, 0.2) is 8.32 Å². The average Bonchev–Trinajstić information content (AvgIpc) is 2.67. The molecule has 0 bridgehead atoms. The van der Waals surface area contributed by atoms with Crippen LogP contribution >= 0.6 is 0 Å². The fraction of sp³-hybridized carbons (Fsp3) is 0.480. The Morgan fingerprint density at radius 3 is 2.06 bits per heavy atom. The van der Waals surface area contributed by atoms with Gasteiger partial charge in [-0.05, 0) is 43.5 Å². The van der Waals surface area contributed by atoms with Crippen molar-refractivity contribution >= 4 is 14.4 Å². The molecule has 0 heterocycles. The van der Waals surface area contributed by atoms with Gasteiger partial charge in [-0.2, -0.15) is 0 Å². The molecule has 1 unspecified atom stereocenters. The molecule has 33 heavy (non-hydrogen) atoms. The zero-order chi connectivity index (χ0) is 25.1. The number of carbonyl (C=O) groups excluding carboxylic acids is 1. The maximum absolute atomic E-state index is 12.3. The Bertz CT molecular complexity index is 812. The van der Waals surface area contributed by atoms with Crippen molar-refractivity contribution in [3.8, 4) is 0 Å². The van der Waals surface area contributed by atoms with Crippen LogP contribution in [0.2, 0.25) is 18.1 Å². The SMILES string of the molecule is CC(C/C=C/C=C/C=C\C[C@@H](NC(=O)OC(F)(F)F)c1ccccc1)O[Si](C)(C)C(C)(C)C. The summed E-state index contributed by atoms with van der Waals surface area (Å²) in [6, 6.07) is 8.12. The number of hydrogen-bond acceptors (Lipinski definition) is 3. The van der Waals surface area contributed by atoms with E-state index in [-0.39, 0.29) is 11.1 Å². The summed E-state index contributed by atoms with van der Waals surface area (Å²) >= 11 is 0. The summed E-state index contributed by atoms with van der Waals surface area (Å²) in [5.41, 5.74) is 0.681. The summed E-state index contributed by atoms with van der Waals surface area (Å²) in [5.74, 6) is 0. The van der Waals surface area contributed by atoms with E-state index in [0.29, 0.717) is 12.0 Å². The Hall–Kier alpha value is -2.32. The van der Waals surface area contributed by atoms with Gasteiger partial charge in [0.1, 0.15) is 0 Å². The number of ether oxygens (including phenoxy) is 1. The minimum atomic E-state index is -5.02. The minimum absolute atomic E-state index is 0.139. The molecule has 1 rings (SSSR count). The smallest absolute Gasteiger partial charge is 0.414 e. The number of rotatable bonds is 10. The molecule has 0 saturated carbocycles. The van der Waals surface area contributed by atoms with Gasteiger partial charge in [0.2, 0.25) is 0 Å². The molecule has 1 aromatic rings. The molecule has 2 atom stereocenters. The highest BCUT2D eigenvalue weighted by molar-refractivity contribution is 6.74. The monoisotopic (exact) mass is 483 g/mol. The summed E-state index contributed by atoms with van der Waals surface area (Å²) in [6.07, 6.45) is 5.94. The zero-order valence-corrected chi connectivity index (χ0v) is 21.3. The number of alkyl halides is 3. The summed E-state index contributed by atoms with van der Waals surface area (Å²) in [6.45, 7) is 13.2. The Kier molecular flexibility index (Phi) is 11.1. The molecule has 0 aliphatic heterocycles. The van der Waals surface area contributed by atoms with E-state index in [1.807, 2.05) is 24.3 Å². The molecule has 0 aliphatic carbocycles. The number of halogens is 3. The topological polar surface area (TPSA) is 47.6 Å². The van der Waals surface area contributed by atoms with Gasteiger partial charge in [0, 0.05) is 6.10 Å². The molecular formula is C25H36F3NO3Si. The number of nitrogens with one attached hydrogen (secondary N) is 1. The van der Waals surface area contributed by atoms with Crippen molar-refractivity contribution in [1.29, 1.82) is 0 Å². The average molecular weight is 484 g/mol. The summed E-state index contributed by atoms with van der Waals surface area (Å²) in [4.78, 5) is 11.5. The Labute approximate surface area is 196 Å². The first-order valence-corrected chi connectivity index (χ1v) is 13.9. The van der Waals surface area contributed by atoms with Gasteiger partial charge < -0.3 is 14.5 Å². The first-order chi connectivity index (χ1) is 15.2. The molecule has 4 nitrogen and oxygen atoms in total. The van der Waals surface area contributed by atoms with E-state index >= 15 is 0 Å². The second kappa shape index (κ2) is 12.8. The van der Waals surface area contributed by atoms with Crippen molar-refractivity contribution in [2.75, 3.05) is 0 Å². The summed E-state index contributed by atoms with van der Waals surface area (Å²) in [5, 5.41) is 2.43. The van der Waals surface area contributed by atoms with Crippen molar-refractivity contribution in [2.24, 2.45) is 0 Å². The number of allylic oxidation sites excluding steroid dienone is 4. The molecule has 0 radical (unpaired) electrons. The maximum Gasteiger partial charge on any atom is 0.576 e. The lowest BCUT2D eigenvalue weighted by molar-refractivity contribution is -0.291. The van der Waals surface area contributed by atoms with Crippen LogP contribution < -0.4 is 5.32 Å². The molecule has 0 aromatic heterocycles. The van der Waals surface area contributed by atoms with Gasteiger partial charge in [-0.1, -0.05) is 87.6 Å². The van der Waals surface area contributed by atoms with Gasteiger partial charge in [-0.3, -0.25) is 0 Å². The maximum atomic E-state index is 12.3. The third-order valence-electron chi connectivity index (χ3n) is 5.45. The van der Waals surface area contributed by atoms with Crippen LogP contribution in [0.25, 0.3) is 0 Å². The van der Waals surface area contributed by atoms with Gasteiger partial charge in [0.05, 0.1) is 6.04 Å². The van der Waals surface area contributed by atoms with Crippen molar-refractivity contribution in [3.63, 3.8) is 0 Å². The van der Waals surface area contributed by atoms with E-state index < -0.39 is 26.8 Å². The Morgan fingerprint density at radius 2 is 1.55 bits per heavy atom. The lowest BCUT2D eigenvalue weighted by Gasteiger charge is -2.38. The van der Waals surface area contributed by atoms with Gasteiger partial charge >= 0.3 is 12.5 Å². The molecule has 1 N–H and O–H groups in total. The normalized spacial score (nSPS) is 15.3. The van der Waals surface area contributed by atoms with E-state index in [1.54, 1.807) is 42.5 Å². The second-order valence-electron chi connectivity index (χ2n) is 9.34. The third kappa shape index (κ3) is 11.9. The zero-order valence-electron chi connectivity index (χ0n) is 20.3. The van der Waals surface area contributed by atoms with Crippen LogP contribution in [0.3, 0.4) is 0 Å². The van der Waals surface area contributed by atoms with Crippen LogP contribution in [0.15, 0.2) is 66.8 Å². The second-order valence-corrected chi connectivity index (χ2v) is 14.1. The molecular weight excluding hydrogens is 447 g/mol. The lowest BCUT2D eigenvalue weighted by Crippen LogP contribution is -2.43. The molecule has 1 aromatic carbocycles. The molecule has 8 heteroatoms. The standard InChI is InChI=1S/C25H36F3NO3Si/c1-20(32-33(5,6)24(2,3)4)16-12-9-7-8-10-15-19-22(21-17-13-11-14-18-21)29-23(30)31-25(26,27)28/h7-15,17-18,20,22H,16,19H2,1-6H3,(H,29,30)/b8-7+,12-9+,15-10-/t20?,22-/m1/s1. The fourth-order valence-corrected chi connectivity index (χ4v) is 4.19. The van der Waals surface area contributed by atoms with Crippen molar-refractivity contribution < 1.29 is 27.1 Å². The predicted molar refractivity (Wildman–Crippen MR) is 129 cm³/mol. The van der Waals surface area contributed by atoms with Crippen LogP contribution in [0, 0.1) is 0 Å². The predicted octanol–water partition coefficient (Wildman–Crippen LogP) is 7.83. The van der Waals surface area contributed by atoms with Crippen LogP contribution in [0.5, 0.6) is 0 Å². The quantitative estimate of drug-likeness (QED) is 0.272. The van der Waals surface area contributed by atoms with Gasteiger partial charge in [-0.15, -0.1) is 13.2 Å². The summed E-state index contributed by atoms with van der Waals surface area (Å²) in [7, 11) is -1.78. The van der Waals surface area contributed by atoms with E-state index in [0.717, 1.165) is 6.42 Å². The van der Waals surface area contributed by atoms with Crippen molar-refractivity contribution in [3.05, 3.63) is 72.4 Å². The number of carbonyl (C=O) groups is 1. The van der Waals surface area contributed by atoms with Crippen LogP contribution in [0.4, 0.5) is 18.0 Å². The highest BCUT2D eigenvalue weighted by Crippen LogP contribution is 2.37. The van der Waals surface area contributed by atoms with Crippen LogP contribution in [-0.2, 0) is 9.16 Å². The lowest BCUT2D eigenvalue weighted by atomic mass is 10.0. The van der Waals surface area contributed by atoms with E-state index in [1.165, 1.54) is 0 Å². The Balaban J connectivity index is 2.57. The van der Waals surface area contributed by atoms with Crippen LogP contribution in [0.1, 0.15) is 52.1 Å². The summed E-state index contributed by atoms with van der Waals surface area (Å²) < 4.78 is 46.6. The third-order valence-corrected chi connectivity index (χ3v) is 10.1. The number of benzene rings is 1. The molecule has 184 valence electrons. The van der Waals surface area contributed by atoms with E-state index in [2.05, 4.69) is 50.8 Å².